The van der Waals surface area contributed by atoms with Crippen LogP contribution in [0.2, 0.25) is 0 Å². The van der Waals surface area contributed by atoms with E-state index in [9.17, 15) is 4.57 Å². The van der Waals surface area contributed by atoms with Gasteiger partial charge in [-0.15, -0.1) is 0 Å². The Labute approximate surface area is 65.7 Å². The molecule has 2 N–H and O–H groups in total. The summed E-state index contributed by atoms with van der Waals surface area (Å²) >= 11 is 0. The highest BCUT2D eigenvalue weighted by Gasteiger charge is 2.16. The summed E-state index contributed by atoms with van der Waals surface area (Å²) in [6.07, 6.45) is 0. The molecule has 0 aliphatic heterocycles. The SMILES string of the molecule is COP(N)(=O)c1ccccc1. The standard InChI is InChI=1S/C7H10NO2P/c1-10-11(8,9)7-5-3-2-4-6-7/h2-6H,1H3,(H2,8,9). The van der Waals surface area contributed by atoms with Crippen molar-refractivity contribution in [2.24, 2.45) is 5.50 Å². The molecule has 0 saturated heterocycles. The van der Waals surface area contributed by atoms with Gasteiger partial charge in [-0.2, -0.15) is 0 Å². The number of nitrogens with two attached hydrogens (primary N) is 1. The molecule has 0 heterocycles. The quantitative estimate of drug-likeness (QED) is 0.678. The van der Waals surface area contributed by atoms with Crippen LogP contribution in [0.5, 0.6) is 0 Å². The first-order valence-corrected chi connectivity index (χ1v) is 4.86. The molecule has 0 aliphatic carbocycles. The zero-order chi connectivity index (χ0) is 8.32. The normalized spacial score (nSPS) is 15.8. The first-order chi connectivity index (χ1) is 5.17. The van der Waals surface area contributed by atoms with Crippen molar-refractivity contribution in [3.05, 3.63) is 30.3 Å². The van der Waals surface area contributed by atoms with Gasteiger partial charge in [0.2, 0.25) is 0 Å². The van der Waals surface area contributed by atoms with E-state index in [-0.39, 0.29) is 0 Å². The van der Waals surface area contributed by atoms with Crippen molar-refractivity contribution in [3.8, 4) is 0 Å². The fourth-order valence-electron chi connectivity index (χ4n) is 0.741. The average molecular weight is 171 g/mol. The van der Waals surface area contributed by atoms with Gasteiger partial charge in [-0.05, 0) is 12.1 Å². The number of benzene rings is 1. The molecule has 1 atom stereocenters. The van der Waals surface area contributed by atoms with E-state index >= 15 is 0 Å². The Morgan fingerprint density at radius 1 is 1.36 bits per heavy atom. The van der Waals surface area contributed by atoms with E-state index in [4.69, 9.17) is 5.50 Å². The van der Waals surface area contributed by atoms with E-state index in [1.807, 2.05) is 6.07 Å². The molecule has 1 aromatic rings. The highest BCUT2D eigenvalue weighted by Crippen LogP contribution is 2.34. The van der Waals surface area contributed by atoms with E-state index in [1.165, 1.54) is 7.11 Å². The van der Waals surface area contributed by atoms with Gasteiger partial charge in [-0.3, -0.25) is 10.1 Å². The topological polar surface area (TPSA) is 52.3 Å². The van der Waals surface area contributed by atoms with Gasteiger partial charge in [0, 0.05) is 7.11 Å². The molecule has 0 saturated carbocycles. The van der Waals surface area contributed by atoms with Gasteiger partial charge < -0.3 is 4.52 Å². The maximum Gasteiger partial charge on any atom is 0.296 e. The third-order valence-corrected chi connectivity index (χ3v) is 2.95. The summed E-state index contributed by atoms with van der Waals surface area (Å²) in [6.45, 7) is 0. The lowest BCUT2D eigenvalue weighted by atomic mass is 10.4. The third-order valence-electron chi connectivity index (χ3n) is 1.39. The molecule has 0 spiro atoms. The van der Waals surface area contributed by atoms with E-state index in [1.54, 1.807) is 24.3 Å². The second-order valence-electron chi connectivity index (χ2n) is 2.12. The summed E-state index contributed by atoms with van der Waals surface area (Å²) in [5.74, 6) is 0. The lowest BCUT2D eigenvalue weighted by molar-refractivity contribution is 0.404. The van der Waals surface area contributed by atoms with Crippen molar-refractivity contribution >= 4 is 12.8 Å². The minimum absolute atomic E-state index is 0.544. The zero-order valence-electron chi connectivity index (χ0n) is 6.23. The Bertz CT molecular complexity index is 273. The molecule has 0 amide bonds. The molecule has 1 unspecified atom stereocenters. The number of hydrogen-bond acceptors (Lipinski definition) is 2. The molecular weight excluding hydrogens is 161 g/mol. The highest BCUT2D eigenvalue weighted by atomic mass is 31.2. The summed E-state index contributed by atoms with van der Waals surface area (Å²) < 4.78 is 16.0. The smallest absolute Gasteiger partial charge is 0.296 e. The fraction of sp³-hybridized carbons (Fsp3) is 0.143. The largest absolute Gasteiger partial charge is 0.318 e. The Hall–Kier alpha value is -0.630. The summed E-state index contributed by atoms with van der Waals surface area (Å²) in [5, 5.41) is 0.544. The molecule has 3 nitrogen and oxygen atoms in total. The second-order valence-corrected chi connectivity index (χ2v) is 4.19. The monoisotopic (exact) mass is 171 g/mol. The summed E-state index contributed by atoms with van der Waals surface area (Å²) in [6, 6.07) is 8.75. The fourth-order valence-corrected chi connectivity index (χ4v) is 1.54. The summed E-state index contributed by atoms with van der Waals surface area (Å²) in [7, 11) is -1.68. The van der Waals surface area contributed by atoms with Crippen LogP contribution in [0, 0.1) is 0 Å². The minimum Gasteiger partial charge on any atom is -0.318 e. The van der Waals surface area contributed by atoms with Crippen LogP contribution in [0.4, 0.5) is 0 Å². The van der Waals surface area contributed by atoms with Gasteiger partial charge in [-0.1, -0.05) is 18.2 Å². The van der Waals surface area contributed by atoms with Gasteiger partial charge in [0.1, 0.15) is 0 Å². The minimum atomic E-state index is -3.03. The van der Waals surface area contributed by atoms with Crippen molar-refractivity contribution in [3.63, 3.8) is 0 Å². The lowest BCUT2D eigenvalue weighted by Gasteiger charge is -2.08. The molecule has 11 heavy (non-hydrogen) atoms. The van der Waals surface area contributed by atoms with Crippen LogP contribution < -0.4 is 10.8 Å². The van der Waals surface area contributed by atoms with Gasteiger partial charge in [0.05, 0.1) is 5.30 Å². The summed E-state index contributed by atoms with van der Waals surface area (Å²) in [5.41, 5.74) is 5.37. The van der Waals surface area contributed by atoms with Crippen LogP contribution in [-0.4, -0.2) is 7.11 Å². The van der Waals surface area contributed by atoms with Crippen molar-refractivity contribution < 1.29 is 9.09 Å². The molecule has 0 bridgehead atoms. The maximum atomic E-state index is 11.3. The molecule has 1 rings (SSSR count). The van der Waals surface area contributed by atoms with Crippen LogP contribution in [0.3, 0.4) is 0 Å². The van der Waals surface area contributed by atoms with Crippen LogP contribution in [-0.2, 0) is 9.09 Å². The molecule has 4 heteroatoms. The van der Waals surface area contributed by atoms with Crippen molar-refractivity contribution in [1.82, 2.24) is 0 Å². The number of hydrogen-bond donors (Lipinski definition) is 1. The van der Waals surface area contributed by atoms with Gasteiger partial charge in [-0.25, -0.2) is 0 Å². The van der Waals surface area contributed by atoms with Crippen molar-refractivity contribution in [2.45, 2.75) is 0 Å². The molecule has 0 aromatic heterocycles. The third kappa shape index (κ3) is 1.90. The molecule has 60 valence electrons. The predicted molar refractivity (Wildman–Crippen MR) is 44.9 cm³/mol. The first-order valence-electron chi connectivity index (χ1n) is 3.17. The molecule has 0 fully saturated rings. The lowest BCUT2D eigenvalue weighted by Crippen LogP contribution is -2.11. The first kappa shape index (κ1) is 8.47. The van der Waals surface area contributed by atoms with Crippen LogP contribution in [0.1, 0.15) is 0 Å². The Morgan fingerprint density at radius 3 is 2.36 bits per heavy atom. The number of rotatable bonds is 2. The Morgan fingerprint density at radius 2 is 1.91 bits per heavy atom. The van der Waals surface area contributed by atoms with Crippen molar-refractivity contribution in [2.75, 3.05) is 7.11 Å². The molecular formula is C7H10NO2P. The van der Waals surface area contributed by atoms with E-state index in [0.29, 0.717) is 5.30 Å². The van der Waals surface area contributed by atoms with E-state index in [0.717, 1.165) is 0 Å². The Kier molecular flexibility index (Phi) is 2.45. The summed E-state index contributed by atoms with van der Waals surface area (Å²) in [4.78, 5) is 0. The van der Waals surface area contributed by atoms with Crippen LogP contribution >= 0.6 is 7.52 Å². The zero-order valence-corrected chi connectivity index (χ0v) is 7.12. The molecule has 0 aliphatic rings. The van der Waals surface area contributed by atoms with Gasteiger partial charge in [0.25, 0.3) is 7.52 Å². The average Bonchev–Trinajstić information content (AvgIpc) is 2.06. The maximum absolute atomic E-state index is 11.3. The van der Waals surface area contributed by atoms with E-state index in [2.05, 4.69) is 4.52 Å². The predicted octanol–water partition coefficient (Wildman–Crippen LogP) is 1.11. The van der Waals surface area contributed by atoms with Gasteiger partial charge >= 0.3 is 0 Å². The van der Waals surface area contributed by atoms with Crippen LogP contribution in [0.15, 0.2) is 30.3 Å². The second kappa shape index (κ2) is 3.18. The molecule has 1 aromatic carbocycles. The molecule has 0 radical (unpaired) electrons. The highest BCUT2D eigenvalue weighted by molar-refractivity contribution is 7.64. The van der Waals surface area contributed by atoms with Crippen molar-refractivity contribution in [1.29, 1.82) is 0 Å². The van der Waals surface area contributed by atoms with E-state index < -0.39 is 7.52 Å². The van der Waals surface area contributed by atoms with Crippen LogP contribution in [0.25, 0.3) is 0 Å². The Balaban J connectivity index is 3.03. The van der Waals surface area contributed by atoms with Gasteiger partial charge in [0.15, 0.2) is 0 Å².